The van der Waals surface area contributed by atoms with Gasteiger partial charge in [-0.3, -0.25) is 5.43 Å². The molecule has 2 unspecified atom stereocenters. The van der Waals surface area contributed by atoms with Crippen molar-refractivity contribution in [2.45, 2.75) is 18.4 Å². The summed E-state index contributed by atoms with van der Waals surface area (Å²) in [5.74, 6) is 0.462. The summed E-state index contributed by atoms with van der Waals surface area (Å²) in [4.78, 5) is 0. The van der Waals surface area contributed by atoms with E-state index in [1.54, 1.807) is 0 Å². The average Bonchev–Trinajstić information content (AvgIpc) is 2.99. The Morgan fingerprint density at radius 3 is 2.40 bits per heavy atom. The minimum Gasteiger partial charge on any atom is -0.330 e. The molecule has 2 aromatic carbocycles. The van der Waals surface area contributed by atoms with Gasteiger partial charge in [0.05, 0.1) is 6.04 Å². The largest absolute Gasteiger partial charge is 0.330 e. The second kappa shape index (κ2) is 6.18. The Balaban J connectivity index is 1.81. The molecule has 2 atom stereocenters. The number of hydrogen-bond donors (Lipinski definition) is 3. The molecule has 0 aliphatic carbocycles. The molecule has 3 heteroatoms. The zero-order valence-electron chi connectivity index (χ0n) is 11.5. The molecule has 4 N–H and O–H groups in total. The van der Waals surface area contributed by atoms with Gasteiger partial charge in [-0.15, -0.1) is 0 Å². The van der Waals surface area contributed by atoms with Gasteiger partial charge in [-0.05, 0) is 29.7 Å². The minimum atomic E-state index is 0.330. The Labute approximate surface area is 120 Å². The van der Waals surface area contributed by atoms with Crippen molar-refractivity contribution in [3.8, 4) is 0 Å². The second-order valence-corrected chi connectivity index (χ2v) is 5.30. The monoisotopic (exact) mass is 267 g/mol. The second-order valence-electron chi connectivity index (χ2n) is 5.30. The summed E-state index contributed by atoms with van der Waals surface area (Å²) in [6, 6.07) is 19.8. The van der Waals surface area contributed by atoms with Crippen LogP contribution in [0.5, 0.6) is 0 Å². The lowest BCUT2D eigenvalue weighted by atomic mass is 9.88. The van der Waals surface area contributed by atoms with Crippen molar-refractivity contribution in [3.63, 3.8) is 0 Å². The summed E-state index contributed by atoms with van der Waals surface area (Å²) >= 11 is 0. The number of nitrogens with two attached hydrogens (primary N) is 1. The number of nitrogens with one attached hydrogen (secondary N) is 2. The molecule has 3 rings (SSSR count). The van der Waals surface area contributed by atoms with Crippen LogP contribution in [-0.4, -0.2) is 13.1 Å². The van der Waals surface area contributed by atoms with Crippen LogP contribution in [0.3, 0.4) is 0 Å². The smallest absolute Gasteiger partial charge is 0.0543 e. The van der Waals surface area contributed by atoms with Crippen LogP contribution in [0, 0.1) is 0 Å². The fourth-order valence-electron chi connectivity index (χ4n) is 2.88. The Hall–Kier alpha value is -1.68. The van der Waals surface area contributed by atoms with Gasteiger partial charge in [-0.25, -0.2) is 5.43 Å². The van der Waals surface area contributed by atoms with Crippen LogP contribution in [0.25, 0.3) is 0 Å². The third-order valence-electron chi connectivity index (χ3n) is 3.98. The quantitative estimate of drug-likeness (QED) is 0.795. The molecule has 20 heavy (non-hydrogen) atoms. The lowest BCUT2D eigenvalue weighted by Crippen LogP contribution is -2.24. The average molecular weight is 267 g/mol. The molecule has 0 saturated carbocycles. The molecule has 1 aliphatic heterocycles. The first-order valence-electron chi connectivity index (χ1n) is 7.21. The van der Waals surface area contributed by atoms with E-state index >= 15 is 0 Å². The van der Waals surface area contributed by atoms with E-state index in [9.17, 15) is 0 Å². The molecule has 0 bridgehead atoms. The fourth-order valence-corrected chi connectivity index (χ4v) is 2.88. The van der Waals surface area contributed by atoms with Gasteiger partial charge in [0.25, 0.3) is 0 Å². The van der Waals surface area contributed by atoms with Crippen molar-refractivity contribution >= 4 is 0 Å². The first-order chi connectivity index (χ1) is 9.88. The molecule has 0 amide bonds. The molecule has 2 aromatic rings. The highest BCUT2D eigenvalue weighted by atomic mass is 15.4. The topological polar surface area (TPSA) is 50.1 Å². The lowest BCUT2D eigenvalue weighted by Gasteiger charge is -2.19. The third kappa shape index (κ3) is 2.75. The highest BCUT2D eigenvalue weighted by Gasteiger charge is 2.29. The molecule has 1 fully saturated rings. The van der Waals surface area contributed by atoms with Crippen LogP contribution in [-0.2, 0) is 6.42 Å². The highest BCUT2D eigenvalue weighted by Crippen LogP contribution is 2.33. The predicted molar refractivity (Wildman–Crippen MR) is 82.3 cm³/mol. The normalized spacial score (nSPS) is 22.1. The number of hydrazine groups is 1. The van der Waals surface area contributed by atoms with E-state index in [-0.39, 0.29) is 0 Å². The van der Waals surface area contributed by atoms with E-state index in [4.69, 9.17) is 5.73 Å². The number of benzene rings is 2. The summed E-state index contributed by atoms with van der Waals surface area (Å²) in [6.07, 6.45) is 0.948. The molecule has 0 spiro atoms. The number of hydrogen-bond acceptors (Lipinski definition) is 3. The van der Waals surface area contributed by atoms with E-state index in [0.29, 0.717) is 18.5 Å². The van der Waals surface area contributed by atoms with Crippen LogP contribution in [0.1, 0.15) is 28.7 Å². The summed E-state index contributed by atoms with van der Waals surface area (Å²) in [7, 11) is 0. The molecular weight excluding hydrogens is 246 g/mol. The van der Waals surface area contributed by atoms with E-state index in [0.717, 1.165) is 13.0 Å². The molecule has 104 valence electrons. The van der Waals surface area contributed by atoms with Crippen molar-refractivity contribution in [3.05, 3.63) is 71.3 Å². The van der Waals surface area contributed by atoms with Crippen molar-refractivity contribution < 1.29 is 0 Å². The predicted octanol–water partition coefficient (Wildman–Crippen LogP) is 2.12. The fraction of sp³-hybridized carbons (Fsp3) is 0.294. The van der Waals surface area contributed by atoms with E-state index < -0.39 is 0 Å². The number of rotatable bonds is 4. The van der Waals surface area contributed by atoms with Gasteiger partial charge in [0.15, 0.2) is 0 Å². The lowest BCUT2D eigenvalue weighted by molar-refractivity contribution is 0.554. The molecule has 0 aromatic heterocycles. The highest BCUT2D eigenvalue weighted by molar-refractivity contribution is 5.32. The Bertz CT molecular complexity index is 536. The van der Waals surface area contributed by atoms with Crippen molar-refractivity contribution in [1.82, 2.24) is 10.9 Å². The summed E-state index contributed by atoms with van der Waals surface area (Å²) in [5, 5.41) is 0. The van der Waals surface area contributed by atoms with Crippen LogP contribution in [0.4, 0.5) is 0 Å². The van der Waals surface area contributed by atoms with E-state index in [1.165, 1.54) is 16.7 Å². The van der Waals surface area contributed by atoms with Gasteiger partial charge < -0.3 is 5.73 Å². The van der Waals surface area contributed by atoms with Gasteiger partial charge in [-0.1, -0.05) is 54.6 Å². The third-order valence-corrected chi connectivity index (χ3v) is 3.98. The van der Waals surface area contributed by atoms with E-state index in [2.05, 4.69) is 65.4 Å². The molecule has 1 saturated heterocycles. The molecule has 1 aliphatic rings. The summed E-state index contributed by atoms with van der Waals surface area (Å²) in [6.45, 7) is 1.66. The van der Waals surface area contributed by atoms with E-state index in [1.807, 2.05) is 0 Å². The van der Waals surface area contributed by atoms with Crippen LogP contribution in [0.2, 0.25) is 0 Å². The first kappa shape index (κ1) is 13.3. The molecule has 0 radical (unpaired) electrons. The zero-order valence-corrected chi connectivity index (χ0v) is 11.5. The summed E-state index contributed by atoms with van der Waals surface area (Å²) < 4.78 is 0. The summed E-state index contributed by atoms with van der Waals surface area (Å²) in [5.41, 5.74) is 16.3. The van der Waals surface area contributed by atoms with Crippen molar-refractivity contribution in [2.24, 2.45) is 5.73 Å². The Morgan fingerprint density at radius 1 is 0.950 bits per heavy atom. The maximum atomic E-state index is 5.60. The molecule has 1 heterocycles. The molecular formula is C17H21N3. The van der Waals surface area contributed by atoms with Crippen LogP contribution in [0.15, 0.2) is 54.6 Å². The maximum Gasteiger partial charge on any atom is 0.0543 e. The molecule has 3 nitrogen and oxygen atoms in total. The van der Waals surface area contributed by atoms with Gasteiger partial charge >= 0.3 is 0 Å². The standard InChI is InChI=1S/C17H21N3/c18-11-10-13-6-8-14(9-7-13)16-12-19-20-17(16)15-4-2-1-3-5-15/h1-9,16-17,19-20H,10-12,18H2. The minimum absolute atomic E-state index is 0.330. The van der Waals surface area contributed by atoms with Crippen LogP contribution >= 0.6 is 0 Å². The first-order valence-corrected chi connectivity index (χ1v) is 7.21. The van der Waals surface area contributed by atoms with Crippen molar-refractivity contribution in [2.75, 3.05) is 13.1 Å². The van der Waals surface area contributed by atoms with Gasteiger partial charge in [0.1, 0.15) is 0 Å². The SMILES string of the molecule is NCCc1ccc(C2CNNC2c2ccccc2)cc1. The Kier molecular flexibility index (Phi) is 4.11. The zero-order chi connectivity index (χ0) is 13.8. The van der Waals surface area contributed by atoms with Crippen molar-refractivity contribution in [1.29, 1.82) is 0 Å². The maximum absolute atomic E-state index is 5.60. The van der Waals surface area contributed by atoms with Gasteiger partial charge in [-0.2, -0.15) is 0 Å². The van der Waals surface area contributed by atoms with Gasteiger partial charge in [0, 0.05) is 12.5 Å². The Morgan fingerprint density at radius 2 is 1.70 bits per heavy atom. The van der Waals surface area contributed by atoms with Crippen LogP contribution < -0.4 is 16.6 Å². The van der Waals surface area contributed by atoms with Gasteiger partial charge in [0.2, 0.25) is 0 Å².